The molecule has 1 rings (SSSR count). The first-order chi connectivity index (χ1) is 3.80. The van der Waals surface area contributed by atoms with Crippen LogP contribution in [0.4, 0.5) is 0 Å². The van der Waals surface area contributed by atoms with Crippen LogP contribution in [-0.2, 0) is 0 Å². The zero-order chi connectivity index (χ0) is 5.98. The van der Waals surface area contributed by atoms with Gasteiger partial charge in [0.25, 0.3) is 0 Å². The summed E-state index contributed by atoms with van der Waals surface area (Å²) in [5.74, 6) is 0. The Kier molecular flexibility index (Phi) is 4.28. The number of halogens is 1. The highest BCUT2D eigenvalue weighted by Gasteiger charge is 1.86. The summed E-state index contributed by atoms with van der Waals surface area (Å²) < 4.78 is 0. The molecule has 0 unspecified atom stereocenters. The molecular weight excluding hydrogens is 144 g/mol. The second-order valence-electron chi connectivity index (χ2n) is 1.75. The van der Waals surface area contributed by atoms with Gasteiger partial charge in [0.2, 0.25) is 0 Å². The minimum Gasteiger partial charge on any atom is -0.0841 e. The van der Waals surface area contributed by atoms with E-state index in [-0.39, 0.29) is 23.1 Å². The van der Waals surface area contributed by atoms with Gasteiger partial charge >= 0.3 is 23.1 Å². The Bertz CT molecular complexity index is 165. The molecule has 0 saturated heterocycles. The van der Waals surface area contributed by atoms with Crippen LogP contribution in [-0.4, -0.2) is 23.1 Å². The van der Waals surface area contributed by atoms with Gasteiger partial charge in [-0.3, -0.25) is 0 Å². The van der Waals surface area contributed by atoms with Crippen LogP contribution < -0.4 is 0 Å². The standard InChI is InChI=1S/C7H7Cl.Mg.2H/c1-6-4-2-3-5-7(6)8;;;/h2-5H,1H3;;;. The molecule has 9 heavy (non-hydrogen) atoms. The van der Waals surface area contributed by atoms with Crippen LogP contribution in [0.3, 0.4) is 0 Å². The second-order valence-corrected chi connectivity index (χ2v) is 2.16. The van der Waals surface area contributed by atoms with E-state index in [1.54, 1.807) is 0 Å². The van der Waals surface area contributed by atoms with Crippen LogP contribution >= 0.6 is 11.6 Å². The Morgan fingerprint density at radius 1 is 1.22 bits per heavy atom. The van der Waals surface area contributed by atoms with Crippen LogP contribution in [0.2, 0.25) is 5.02 Å². The first-order valence-electron chi connectivity index (χ1n) is 2.52. The third-order valence-electron chi connectivity index (χ3n) is 1.08. The first-order valence-corrected chi connectivity index (χ1v) is 2.89. The molecule has 0 radical (unpaired) electrons. The lowest BCUT2D eigenvalue weighted by atomic mass is 10.2. The lowest BCUT2D eigenvalue weighted by Gasteiger charge is -1.90. The molecule has 0 N–H and O–H groups in total. The van der Waals surface area contributed by atoms with Crippen molar-refractivity contribution in [1.29, 1.82) is 0 Å². The van der Waals surface area contributed by atoms with Crippen molar-refractivity contribution in [2.75, 3.05) is 0 Å². The minimum atomic E-state index is 0. The van der Waals surface area contributed by atoms with Crippen molar-refractivity contribution < 1.29 is 0 Å². The predicted octanol–water partition coefficient (Wildman–Crippen LogP) is 1.73. The summed E-state index contributed by atoms with van der Waals surface area (Å²) in [7, 11) is 0. The van der Waals surface area contributed by atoms with E-state index in [0.717, 1.165) is 10.6 Å². The third kappa shape index (κ3) is 2.56. The zero-order valence-electron chi connectivity index (χ0n) is 4.69. The lowest BCUT2D eigenvalue weighted by Crippen LogP contribution is -1.68. The summed E-state index contributed by atoms with van der Waals surface area (Å²) in [6.45, 7) is 1.99. The van der Waals surface area contributed by atoms with Gasteiger partial charge in [-0.05, 0) is 18.6 Å². The van der Waals surface area contributed by atoms with Gasteiger partial charge in [-0.2, -0.15) is 0 Å². The maximum atomic E-state index is 5.71. The second kappa shape index (κ2) is 4.15. The Morgan fingerprint density at radius 3 is 2.11 bits per heavy atom. The summed E-state index contributed by atoms with van der Waals surface area (Å²) in [4.78, 5) is 0. The molecule has 1 aromatic carbocycles. The van der Waals surface area contributed by atoms with Crippen molar-refractivity contribution in [2.45, 2.75) is 6.92 Å². The van der Waals surface area contributed by atoms with Gasteiger partial charge in [-0.15, -0.1) is 0 Å². The number of rotatable bonds is 0. The van der Waals surface area contributed by atoms with E-state index < -0.39 is 0 Å². The summed E-state index contributed by atoms with van der Waals surface area (Å²) in [5.41, 5.74) is 1.13. The normalized spacial score (nSPS) is 8.22. The van der Waals surface area contributed by atoms with Gasteiger partial charge in [0.15, 0.2) is 0 Å². The van der Waals surface area contributed by atoms with Crippen LogP contribution in [0.5, 0.6) is 0 Å². The summed E-state index contributed by atoms with van der Waals surface area (Å²) in [5, 5.41) is 0.840. The molecule has 0 aliphatic rings. The van der Waals surface area contributed by atoms with E-state index in [1.807, 2.05) is 31.2 Å². The molecule has 0 aliphatic heterocycles. The van der Waals surface area contributed by atoms with Gasteiger partial charge in [-0.1, -0.05) is 29.8 Å². The minimum absolute atomic E-state index is 0. The van der Waals surface area contributed by atoms with Crippen molar-refractivity contribution in [3.05, 3.63) is 34.9 Å². The highest BCUT2D eigenvalue weighted by atomic mass is 35.5. The average Bonchev–Trinajstić information content (AvgIpc) is 1.77. The molecule has 0 heterocycles. The van der Waals surface area contributed by atoms with E-state index >= 15 is 0 Å². The fourth-order valence-electron chi connectivity index (χ4n) is 0.551. The van der Waals surface area contributed by atoms with Gasteiger partial charge in [0, 0.05) is 5.02 Å². The molecule has 0 aliphatic carbocycles. The molecule has 0 nitrogen and oxygen atoms in total. The van der Waals surface area contributed by atoms with E-state index in [1.165, 1.54) is 0 Å². The van der Waals surface area contributed by atoms with Crippen molar-refractivity contribution in [2.24, 2.45) is 0 Å². The van der Waals surface area contributed by atoms with Gasteiger partial charge < -0.3 is 0 Å². The lowest BCUT2D eigenvalue weighted by molar-refractivity contribution is 1.47. The van der Waals surface area contributed by atoms with Crippen molar-refractivity contribution in [1.82, 2.24) is 0 Å². The molecule has 0 atom stereocenters. The van der Waals surface area contributed by atoms with Crippen LogP contribution in [0.1, 0.15) is 5.56 Å². The Hall–Kier alpha value is 0.276. The van der Waals surface area contributed by atoms with Gasteiger partial charge in [0.05, 0.1) is 0 Å². The monoisotopic (exact) mass is 152 g/mol. The molecule has 0 aromatic heterocycles. The molecule has 46 valence electrons. The topological polar surface area (TPSA) is 0 Å². The molecule has 2 heteroatoms. The maximum absolute atomic E-state index is 5.71. The predicted molar refractivity (Wildman–Crippen MR) is 44.7 cm³/mol. The summed E-state index contributed by atoms with van der Waals surface area (Å²) in [6, 6.07) is 7.77. The molecule has 0 spiro atoms. The van der Waals surface area contributed by atoms with Crippen LogP contribution in [0, 0.1) is 6.92 Å². The molecular formula is C7H9ClMg. The molecule has 0 fully saturated rings. The first kappa shape index (κ1) is 9.28. The number of benzene rings is 1. The number of aryl methyl sites for hydroxylation is 1. The van der Waals surface area contributed by atoms with E-state index in [0.29, 0.717) is 0 Å². The number of hydrogen-bond acceptors (Lipinski definition) is 0. The molecule has 0 bridgehead atoms. The Morgan fingerprint density at radius 2 is 1.78 bits per heavy atom. The SMILES string of the molecule is Cc1ccccc1Cl.[MgH2]. The highest BCUT2D eigenvalue weighted by molar-refractivity contribution is 6.31. The fourth-order valence-corrected chi connectivity index (χ4v) is 0.687. The van der Waals surface area contributed by atoms with Crippen LogP contribution in [0.15, 0.2) is 24.3 Å². The van der Waals surface area contributed by atoms with E-state index in [2.05, 4.69) is 0 Å². The number of hydrogen-bond donors (Lipinski definition) is 0. The smallest absolute Gasteiger partial charge is 0.0841 e. The van der Waals surface area contributed by atoms with Crippen molar-refractivity contribution in [3.63, 3.8) is 0 Å². The largest absolute Gasteiger partial charge is 0.316 e. The van der Waals surface area contributed by atoms with Crippen LogP contribution in [0.25, 0.3) is 0 Å². The fraction of sp³-hybridized carbons (Fsp3) is 0.143. The molecule has 0 amide bonds. The Balaban J connectivity index is 0.000000640. The van der Waals surface area contributed by atoms with E-state index in [4.69, 9.17) is 11.6 Å². The molecule has 1 aromatic rings. The third-order valence-corrected chi connectivity index (χ3v) is 1.50. The zero-order valence-corrected chi connectivity index (χ0v) is 5.44. The quantitative estimate of drug-likeness (QED) is 0.497. The van der Waals surface area contributed by atoms with Gasteiger partial charge in [-0.25, -0.2) is 0 Å². The van der Waals surface area contributed by atoms with Crippen molar-refractivity contribution in [3.8, 4) is 0 Å². The van der Waals surface area contributed by atoms with Crippen molar-refractivity contribution >= 4 is 34.7 Å². The van der Waals surface area contributed by atoms with Gasteiger partial charge in [0.1, 0.15) is 0 Å². The average molecular weight is 153 g/mol. The van der Waals surface area contributed by atoms with E-state index in [9.17, 15) is 0 Å². The Labute approximate surface area is 76.4 Å². The molecule has 0 saturated carbocycles. The maximum Gasteiger partial charge on any atom is 0.316 e. The highest BCUT2D eigenvalue weighted by Crippen LogP contribution is 2.11. The summed E-state index contributed by atoms with van der Waals surface area (Å²) >= 11 is 5.71. The summed E-state index contributed by atoms with van der Waals surface area (Å²) in [6.07, 6.45) is 0.